The largest absolute Gasteiger partial charge is 0.573 e. The van der Waals surface area contributed by atoms with Crippen LogP contribution in [0.25, 0.3) is 22.6 Å². The van der Waals surface area contributed by atoms with Crippen molar-refractivity contribution in [3.63, 3.8) is 0 Å². The third-order valence-corrected chi connectivity index (χ3v) is 6.60. The zero-order chi connectivity index (χ0) is 26.5. The number of hydrogen-bond donors (Lipinski definition) is 0. The molecule has 0 atom stereocenters. The van der Waals surface area contributed by atoms with Crippen molar-refractivity contribution in [2.45, 2.75) is 24.4 Å². The molecule has 0 radical (unpaired) electrons. The van der Waals surface area contributed by atoms with Gasteiger partial charge in [-0.05, 0) is 23.8 Å². The molecule has 3 aromatic heterocycles. The highest BCUT2D eigenvalue weighted by molar-refractivity contribution is 7.91. The zero-order valence-corrected chi connectivity index (χ0v) is 18.7. The fraction of sp³-hybridized carbons (Fsp3) is 0.200. The number of aromatic nitrogens is 5. The average molecular weight is 533 g/mol. The third kappa shape index (κ3) is 4.89. The van der Waals surface area contributed by atoms with Crippen LogP contribution >= 0.6 is 0 Å². The van der Waals surface area contributed by atoms with Gasteiger partial charge in [0.15, 0.2) is 27.0 Å². The summed E-state index contributed by atoms with van der Waals surface area (Å²) in [6.45, 7) is 1.32. The standard InChI is InChI=1S/C20H13F6N5O4S/c1-2-36(33,34)14-7-12(11-3-5-13(6-4-11)35-20(24,25)26)8-28-17(14)31-18(32)30-10-15(19(21,22)23)27-9-16(30)29-31/h3-10H,2H2,1H3. The molecule has 190 valence electrons. The number of benzene rings is 1. The van der Waals surface area contributed by atoms with Crippen LogP contribution in [0.1, 0.15) is 12.6 Å². The van der Waals surface area contributed by atoms with E-state index in [1.54, 1.807) is 0 Å². The van der Waals surface area contributed by atoms with Crippen LogP contribution in [0.5, 0.6) is 5.75 Å². The molecule has 0 spiro atoms. The smallest absolute Gasteiger partial charge is 0.406 e. The maximum absolute atomic E-state index is 13.0. The first-order valence-electron chi connectivity index (χ1n) is 9.83. The van der Waals surface area contributed by atoms with Crippen LogP contribution in [0.3, 0.4) is 0 Å². The topological polar surface area (TPSA) is 108 Å². The first-order chi connectivity index (χ1) is 16.7. The number of alkyl halides is 6. The number of nitrogens with zero attached hydrogens (tertiary/aromatic N) is 5. The van der Waals surface area contributed by atoms with E-state index >= 15 is 0 Å². The van der Waals surface area contributed by atoms with E-state index in [9.17, 15) is 39.6 Å². The Kier molecular flexibility index (Phi) is 6.02. The van der Waals surface area contributed by atoms with Gasteiger partial charge < -0.3 is 4.74 Å². The lowest BCUT2D eigenvalue weighted by Crippen LogP contribution is -2.23. The van der Waals surface area contributed by atoms with Gasteiger partial charge >= 0.3 is 18.2 Å². The van der Waals surface area contributed by atoms with Crippen LogP contribution in [0, 0.1) is 0 Å². The number of halogens is 6. The Hall–Kier alpha value is -3.95. The SMILES string of the molecule is CCS(=O)(=O)c1cc(-c2ccc(OC(F)(F)F)cc2)cnc1-n1nc2cnc(C(F)(F)F)cn2c1=O. The molecule has 0 aliphatic carbocycles. The second-order valence-corrected chi connectivity index (χ2v) is 9.46. The van der Waals surface area contributed by atoms with Gasteiger partial charge in [0.1, 0.15) is 10.6 Å². The summed E-state index contributed by atoms with van der Waals surface area (Å²) in [6, 6.07) is 5.64. The molecule has 0 fully saturated rings. The molecule has 3 heterocycles. The van der Waals surface area contributed by atoms with E-state index in [0.29, 0.717) is 21.5 Å². The summed E-state index contributed by atoms with van der Waals surface area (Å²) < 4.78 is 107. The van der Waals surface area contributed by atoms with Crippen molar-refractivity contribution in [2.75, 3.05) is 5.75 Å². The molecule has 1 aromatic carbocycles. The minimum atomic E-state index is -4.90. The molecule has 0 saturated heterocycles. The molecule has 16 heteroatoms. The van der Waals surface area contributed by atoms with Crippen molar-refractivity contribution in [1.29, 1.82) is 0 Å². The summed E-state index contributed by atoms with van der Waals surface area (Å²) in [6.07, 6.45) is -7.47. The van der Waals surface area contributed by atoms with Gasteiger partial charge in [-0.1, -0.05) is 19.1 Å². The summed E-state index contributed by atoms with van der Waals surface area (Å²) in [5, 5.41) is 3.85. The van der Waals surface area contributed by atoms with Gasteiger partial charge in [0.05, 0.1) is 11.9 Å². The second-order valence-electron chi connectivity index (χ2n) is 7.21. The molecule has 0 N–H and O–H groups in total. The number of rotatable bonds is 5. The van der Waals surface area contributed by atoms with Gasteiger partial charge in [-0.25, -0.2) is 27.6 Å². The number of hydrogen-bond acceptors (Lipinski definition) is 7. The highest BCUT2D eigenvalue weighted by Gasteiger charge is 2.34. The van der Waals surface area contributed by atoms with E-state index < -0.39 is 56.0 Å². The maximum Gasteiger partial charge on any atom is 0.573 e. The molecule has 0 saturated carbocycles. The predicted octanol–water partition coefficient (Wildman–Crippen LogP) is 3.65. The Morgan fingerprint density at radius 2 is 1.64 bits per heavy atom. The minimum absolute atomic E-state index is 0.169. The van der Waals surface area contributed by atoms with Gasteiger partial charge in [-0.3, -0.25) is 0 Å². The highest BCUT2D eigenvalue weighted by Crippen LogP contribution is 2.30. The van der Waals surface area contributed by atoms with Gasteiger partial charge in [0.2, 0.25) is 0 Å². The van der Waals surface area contributed by atoms with Crippen molar-refractivity contribution >= 4 is 15.5 Å². The van der Waals surface area contributed by atoms with Gasteiger partial charge in [0.25, 0.3) is 0 Å². The molecule has 4 aromatic rings. The van der Waals surface area contributed by atoms with Crippen LogP contribution in [-0.2, 0) is 16.0 Å². The minimum Gasteiger partial charge on any atom is -0.406 e. The molecule has 0 bridgehead atoms. The molecule has 9 nitrogen and oxygen atoms in total. The average Bonchev–Trinajstić information content (AvgIpc) is 3.13. The Labute approximate surface area is 197 Å². The van der Waals surface area contributed by atoms with Crippen LogP contribution < -0.4 is 10.4 Å². The molecule has 0 aliphatic rings. The van der Waals surface area contributed by atoms with E-state index in [2.05, 4.69) is 19.8 Å². The summed E-state index contributed by atoms with van der Waals surface area (Å²) in [7, 11) is -4.07. The lowest BCUT2D eigenvalue weighted by molar-refractivity contribution is -0.274. The van der Waals surface area contributed by atoms with Crippen molar-refractivity contribution in [2.24, 2.45) is 0 Å². The lowest BCUT2D eigenvalue weighted by Gasteiger charge is -2.11. The monoisotopic (exact) mass is 533 g/mol. The molecular weight excluding hydrogens is 520 g/mol. The summed E-state index contributed by atoms with van der Waals surface area (Å²) in [4.78, 5) is 19.6. The summed E-state index contributed by atoms with van der Waals surface area (Å²) in [5.41, 5.74) is -2.34. The number of sulfone groups is 1. The van der Waals surface area contributed by atoms with Gasteiger partial charge in [0, 0.05) is 18.0 Å². The van der Waals surface area contributed by atoms with Crippen LogP contribution in [0.4, 0.5) is 26.3 Å². The first-order valence-corrected chi connectivity index (χ1v) is 11.5. The van der Waals surface area contributed by atoms with Crippen molar-refractivity contribution < 1.29 is 39.5 Å². The third-order valence-electron chi connectivity index (χ3n) is 4.87. The normalized spacial score (nSPS) is 12.8. The van der Waals surface area contributed by atoms with E-state index in [4.69, 9.17) is 0 Å². The fourth-order valence-corrected chi connectivity index (χ4v) is 4.19. The molecule has 0 amide bonds. The predicted molar refractivity (Wildman–Crippen MR) is 111 cm³/mol. The lowest BCUT2D eigenvalue weighted by atomic mass is 10.1. The zero-order valence-electron chi connectivity index (χ0n) is 17.9. The van der Waals surface area contributed by atoms with Crippen molar-refractivity contribution in [1.82, 2.24) is 24.1 Å². The van der Waals surface area contributed by atoms with Crippen molar-refractivity contribution in [3.05, 3.63) is 65.1 Å². The number of ether oxygens (including phenoxy) is 1. The maximum atomic E-state index is 13.0. The Bertz CT molecular complexity index is 1610. The number of fused-ring (bicyclic) bond motifs is 1. The summed E-state index contributed by atoms with van der Waals surface area (Å²) in [5.74, 6) is -1.40. The second kappa shape index (κ2) is 8.61. The van der Waals surface area contributed by atoms with Gasteiger partial charge in [-0.15, -0.1) is 18.3 Å². The van der Waals surface area contributed by atoms with Gasteiger partial charge in [-0.2, -0.15) is 17.9 Å². The molecule has 36 heavy (non-hydrogen) atoms. The van der Waals surface area contributed by atoms with E-state index in [1.807, 2.05) is 0 Å². The van der Waals surface area contributed by atoms with Crippen LogP contribution in [0.2, 0.25) is 0 Å². The van der Waals surface area contributed by atoms with Crippen LogP contribution in [0.15, 0.2) is 58.6 Å². The molecule has 0 aliphatic heterocycles. The Morgan fingerprint density at radius 3 is 2.22 bits per heavy atom. The quantitative estimate of drug-likeness (QED) is 0.361. The highest BCUT2D eigenvalue weighted by atomic mass is 32.2. The Morgan fingerprint density at radius 1 is 0.972 bits per heavy atom. The first kappa shape index (κ1) is 25.2. The Balaban J connectivity index is 1.85. The summed E-state index contributed by atoms with van der Waals surface area (Å²) >= 11 is 0. The van der Waals surface area contributed by atoms with E-state index in [0.717, 1.165) is 24.4 Å². The van der Waals surface area contributed by atoms with E-state index in [-0.39, 0.29) is 16.8 Å². The molecular formula is C20H13F6N5O4S. The number of pyridine rings is 1. The van der Waals surface area contributed by atoms with E-state index in [1.165, 1.54) is 19.1 Å². The molecule has 4 rings (SSSR count). The van der Waals surface area contributed by atoms with Crippen LogP contribution in [-0.4, -0.2) is 44.7 Å². The fourth-order valence-electron chi connectivity index (χ4n) is 3.16. The molecule has 0 unspecified atom stereocenters. The van der Waals surface area contributed by atoms with Crippen molar-refractivity contribution in [3.8, 4) is 22.7 Å².